The molecule has 3 aliphatic heterocycles. The number of benzene rings is 1. The van der Waals surface area contributed by atoms with Gasteiger partial charge in [-0.15, -0.1) is 11.3 Å². The van der Waals surface area contributed by atoms with Crippen molar-refractivity contribution in [2.75, 3.05) is 26.2 Å². The maximum atomic E-state index is 13.2. The molecule has 0 radical (unpaired) electrons. The molecule has 3 amide bonds. The molecule has 1 aromatic carbocycles. The van der Waals surface area contributed by atoms with Gasteiger partial charge in [-0.3, -0.25) is 19.2 Å². The third-order valence-electron chi connectivity index (χ3n) is 7.97. The first-order valence-electron chi connectivity index (χ1n) is 13.7. The molecule has 0 spiro atoms. The monoisotopic (exact) mass is 536 g/mol. The van der Waals surface area contributed by atoms with Gasteiger partial charge in [0.25, 0.3) is 5.91 Å². The van der Waals surface area contributed by atoms with E-state index in [2.05, 4.69) is 10.6 Å². The number of hydrogen-bond acceptors (Lipinski definition) is 6. The number of ketones is 1. The lowest BCUT2D eigenvalue weighted by atomic mass is 10.0. The van der Waals surface area contributed by atoms with Crippen LogP contribution in [-0.4, -0.2) is 77.6 Å². The Bertz CT molecular complexity index is 1180. The van der Waals surface area contributed by atoms with E-state index in [4.69, 9.17) is 0 Å². The minimum atomic E-state index is -0.514. The van der Waals surface area contributed by atoms with Gasteiger partial charge in [-0.05, 0) is 55.8 Å². The van der Waals surface area contributed by atoms with E-state index in [-0.39, 0.29) is 48.1 Å². The van der Waals surface area contributed by atoms with Crippen molar-refractivity contribution in [1.82, 2.24) is 20.4 Å². The zero-order chi connectivity index (χ0) is 26.6. The predicted molar refractivity (Wildman–Crippen MR) is 147 cm³/mol. The number of hydrogen-bond donors (Lipinski definition) is 2. The smallest absolute Gasteiger partial charge is 0.261 e. The van der Waals surface area contributed by atoms with Crippen molar-refractivity contribution in [3.63, 3.8) is 0 Å². The molecule has 1 aromatic heterocycles. The summed E-state index contributed by atoms with van der Waals surface area (Å²) >= 11 is 1.46. The quantitative estimate of drug-likeness (QED) is 0.540. The van der Waals surface area contributed by atoms with E-state index >= 15 is 0 Å². The summed E-state index contributed by atoms with van der Waals surface area (Å²) in [6.07, 6.45) is 4.53. The van der Waals surface area contributed by atoms with Gasteiger partial charge in [-0.2, -0.15) is 0 Å². The van der Waals surface area contributed by atoms with Crippen LogP contribution >= 0.6 is 11.3 Å². The SMILES string of the molecule is CC(CCNC(=O)c1ccc(-c2ccccc2)s1)CC(=O)N1CCC2C1C(=O)CN2C(=O)C1CCCCN1. The molecule has 9 heteroatoms. The van der Waals surface area contributed by atoms with E-state index in [0.717, 1.165) is 36.2 Å². The normalized spacial score (nSPS) is 23.8. The zero-order valence-electron chi connectivity index (χ0n) is 21.9. The van der Waals surface area contributed by atoms with Crippen molar-refractivity contribution in [1.29, 1.82) is 0 Å². The standard InChI is InChI=1S/C29H36N4O4S/c1-19(12-15-31-28(36)25-11-10-24(38-25)20-7-3-2-4-8-20)17-26(35)32-16-13-22-27(32)23(34)18-33(22)29(37)21-9-5-6-14-30-21/h2-4,7-8,10-11,19,21-22,27,30H,5-6,9,12-18H2,1H3,(H,31,36). The highest BCUT2D eigenvalue weighted by Gasteiger charge is 2.52. The summed E-state index contributed by atoms with van der Waals surface area (Å²) in [6, 6.07) is 12.8. The minimum Gasteiger partial charge on any atom is -0.351 e. The lowest BCUT2D eigenvalue weighted by Gasteiger charge is -2.30. The van der Waals surface area contributed by atoms with Crippen molar-refractivity contribution in [2.24, 2.45) is 5.92 Å². The fourth-order valence-corrected chi connectivity index (χ4v) is 6.84. The highest BCUT2D eigenvalue weighted by atomic mass is 32.1. The van der Waals surface area contributed by atoms with E-state index < -0.39 is 6.04 Å². The maximum Gasteiger partial charge on any atom is 0.261 e. The summed E-state index contributed by atoms with van der Waals surface area (Å²) < 4.78 is 0. The largest absolute Gasteiger partial charge is 0.351 e. The van der Waals surface area contributed by atoms with Gasteiger partial charge >= 0.3 is 0 Å². The van der Waals surface area contributed by atoms with E-state index in [1.54, 1.807) is 9.80 Å². The fraction of sp³-hybridized carbons (Fsp3) is 0.517. The molecule has 2 N–H and O–H groups in total. The van der Waals surface area contributed by atoms with Gasteiger partial charge in [-0.25, -0.2) is 0 Å². The van der Waals surface area contributed by atoms with Crippen LogP contribution in [0.1, 0.15) is 55.1 Å². The molecule has 0 bridgehead atoms. The molecule has 5 rings (SSSR count). The van der Waals surface area contributed by atoms with Crippen LogP contribution in [0.15, 0.2) is 42.5 Å². The van der Waals surface area contributed by atoms with E-state index in [0.29, 0.717) is 37.2 Å². The summed E-state index contributed by atoms with van der Waals surface area (Å²) in [5.41, 5.74) is 1.09. The Morgan fingerprint density at radius 2 is 1.89 bits per heavy atom. The molecule has 3 saturated heterocycles. The average Bonchev–Trinajstić information content (AvgIpc) is 3.67. The minimum absolute atomic E-state index is 0.00517. The van der Waals surface area contributed by atoms with Gasteiger partial charge in [-0.1, -0.05) is 43.7 Å². The van der Waals surface area contributed by atoms with Crippen LogP contribution in [0.25, 0.3) is 10.4 Å². The average molecular weight is 537 g/mol. The summed E-state index contributed by atoms with van der Waals surface area (Å²) in [4.78, 5) is 56.8. The van der Waals surface area contributed by atoms with Gasteiger partial charge in [0.15, 0.2) is 5.78 Å². The Morgan fingerprint density at radius 3 is 2.66 bits per heavy atom. The molecular weight excluding hydrogens is 500 g/mol. The summed E-state index contributed by atoms with van der Waals surface area (Å²) in [5.74, 6) is -0.112. The Labute approximate surface area is 227 Å². The summed E-state index contributed by atoms with van der Waals surface area (Å²) in [6.45, 7) is 3.92. The number of nitrogens with zero attached hydrogens (tertiary/aromatic N) is 2. The molecular formula is C29H36N4O4S. The highest BCUT2D eigenvalue weighted by molar-refractivity contribution is 7.17. The Morgan fingerprint density at radius 1 is 1.08 bits per heavy atom. The molecule has 4 atom stereocenters. The lowest BCUT2D eigenvalue weighted by molar-refractivity contribution is -0.137. The van der Waals surface area contributed by atoms with Crippen molar-refractivity contribution >= 4 is 34.8 Å². The molecule has 2 aromatic rings. The van der Waals surface area contributed by atoms with Crippen LogP contribution in [0.2, 0.25) is 0 Å². The summed E-state index contributed by atoms with van der Waals surface area (Å²) in [7, 11) is 0. The van der Waals surface area contributed by atoms with Gasteiger partial charge in [0.05, 0.1) is 23.5 Å². The molecule has 3 aliphatic rings. The van der Waals surface area contributed by atoms with E-state index in [1.165, 1.54) is 11.3 Å². The van der Waals surface area contributed by atoms with Crippen LogP contribution in [0.4, 0.5) is 0 Å². The molecule has 0 saturated carbocycles. The summed E-state index contributed by atoms with van der Waals surface area (Å²) in [5, 5.41) is 6.26. The van der Waals surface area contributed by atoms with Crippen molar-refractivity contribution < 1.29 is 19.2 Å². The number of nitrogens with one attached hydrogen (secondary N) is 2. The first-order valence-corrected chi connectivity index (χ1v) is 14.5. The van der Waals surface area contributed by atoms with Crippen molar-refractivity contribution in [2.45, 2.75) is 63.6 Å². The molecule has 8 nitrogen and oxygen atoms in total. The predicted octanol–water partition coefficient (Wildman–Crippen LogP) is 3.08. The van der Waals surface area contributed by atoms with E-state index in [9.17, 15) is 19.2 Å². The van der Waals surface area contributed by atoms with Crippen LogP contribution in [0.5, 0.6) is 0 Å². The van der Waals surface area contributed by atoms with Gasteiger partial charge in [0.2, 0.25) is 11.8 Å². The van der Waals surface area contributed by atoms with Gasteiger partial charge in [0.1, 0.15) is 6.04 Å². The number of likely N-dealkylation sites (tertiary alicyclic amines) is 2. The third-order valence-corrected chi connectivity index (χ3v) is 9.10. The topological polar surface area (TPSA) is 98.8 Å². The Hall–Kier alpha value is -3.04. The second kappa shape index (κ2) is 11.8. The number of carbonyl (C=O) groups excluding carboxylic acids is 4. The number of fused-ring (bicyclic) bond motifs is 1. The van der Waals surface area contributed by atoms with Gasteiger partial charge in [0, 0.05) is 24.4 Å². The number of amides is 3. The number of thiophene rings is 1. The number of piperidine rings is 1. The Balaban J connectivity index is 1.08. The second-order valence-corrected chi connectivity index (χ2v) is 11.8. The van der Waals surface area contributed by atoms with Crippen LogP contribution < -0.4 is 10.6 Å². The van der Waals surface area contributed by atoms with Crippen LogP contribution in [0.3, 0.4) is 0 Å². The fourth-order valence-electron chi connectivity index (χ4n) is 5.91. The maximum absolute atomic E-state index is 13.2. The van der Waals surface area contributed by atoms with Crippen molar-refractivity contribution in [3.05, 3.63) is 47.3 Å². The van der Waals surface area contributed by atoms with Crippen LogP contribution in [0, 0.1) is 5.92 Å². The lowest BCUT2D eigenvalue weighted by Crippen LogP contribution is -2.51. The highest BCUT2D eigenvalue weighted by Crippen LogP contribution is 2.32. The molecule has 4 unspecified atom stereocenters. The molecule has 0 aliphatic carbocycles. The first-order chi connectivity index (χ1) is 18.4. The van der Waals surface area contributed by atoms with E-state index in [1.807, 2.05) is 49.4 Å². The number of carbonyl (C=O) groups is 4. The third kappa shape index (κ3) is 5.68. The molecule has 38 heavy (non-hydrogen) atoms. The molecule has 4 heterocycles. The number of Topliss-reactive ketones (excluding diaryl/α,β-unsaturated/α-hetero) is 1. The van der Waals surface area contributed by atoms with Crippen molar-refractivity contribution in [3.8, 4) is 10.4 Å². The molecule has 3 fully saturated rings. The molecule has 202 valence electrons. The first kappa shape index (κ1) is 26.6. The zero-order valence-corrected chi connectivity index (χ0v) is 22.7. The van der Waals surface area contributed by atoms with Gasteiger partial charge < -0.3 is 20.4 Å². The Kier molecular flexibility index (Phi) is 8.24. The van der Waals surface area contributed by atoms with Crippen LogP contribution in [-0.2, 0) is 14.4 Å². The second-order valence-electron chi connectivity index (χ2n) is 10.7. The number of rotatable bonds is 8.